The third-order valence-corrected chi connectivity index (χ3v) is 4.36. The monoisotopic (exact) mass is 274 g/mol. The van der Waals surface area contributed by atoms with Gasteiger partial charge in [-0.2, -0.15) is 0 Å². The number of thioether (sulfide) groups is 1. The number of nitrogens with zero attached hydrogens (tertiary/aromatic N) is 2. The molecule has 3 rings (SSSR count). The number of imidazole rings is 1. The average molecular weight is 274 g/mol. The Hall–Kier alpha value is -1.59. The van der Waals surface area contributed by atoms with Gasteiger partial charge in [0.2, 0.25) is 0 Å². The van der Waals surface area contributed by atoms with Gasteiger partial charge in [0.05, 0.1) is 5.69 Å². The van der Waals surface area contributed by atoms with Gasteiger partial charge in [0.1, 0.15) is 6.29 Å². The fraction of sp³-hybridized carbons (Fsp3) is 0.0769. The third kappa shape index (κ3) is 2.32. The number of benzene rings is 1. The lowest BCUT2D eigenvalue weighted by Gasteiger charge is -1.99. The molecule has 0 bridgehead atoms. The Bertz CT molecular complexity index is 641. The molecule has 0 saturated carbocycles. The molecule has 90 valence electrons. The number of carbonyl (C=O) groups excluding carboxylic acids is 1. The van der Waals surface area contributed by atoms with E-state index in [-0.39, 0.29) is 0 Å². The highest BCUT2D eigenvalue weighted by Gasteiger charge is 2.03. The highest BCUT2D eigenvalue weighted by Crippen LogP contribution is 2.23. The van der Waals surface area contributed by atoms with Crippen LogP contribution in [0, 0.1) is 0 Å². The van der Waals surface area contributed by atoms with E-state index in [1.807, 2.05) is 40.2 Å². The summed E-state index contributed by atoms with van der Waals surface area (Å²) in [6.07, 6.45) is 4.93. The number of hydrogen-bond acceptors (Lipinski definition) is 4. The summed E-state index contributed by atoms with van der Waals surface area (Å²) < 4.78 is 2.04. The number of aldehydes is 1. The lowest BCUT2D eigenvalue weighted by atomic mass is 10.2. The van der Waals surface area contributed by atoms with Crippen LogP contribution >= 0.6 is 23.1 Å². The Balaban J connectivity index is 1.69. The van der Waals surface area contributed by atoms with Gasteiger partial charge in [0, 0.05) is 34.0 Å². The van der Waals surface area contributed by atoms with Crippen molar-refractivity contribution in [2.24, 2.45) is 0 Å². The van der Waals surface area contributed by atoms with Crippen LogP contribution in [0.5, 0.6) is 0 Å². The maximum Gasteiger partial charge on any atom is 0.193 e. The first-order valence-corrected chi connectivity index (χ1v) is 7.31. The molecule has 0 amide bonds. The minimum atomic E-state index is 0.710. The molecular weight excluding hydrogens is 264 g/mol. The highest BCUT2D eigenvalue weighted by atomic mass is 32.2. The number of carbonyl (C=O) groups is 1. The van der Waals surface area contributed by atoms with Crippen LogP contribution in [0.4, 0.5) is 0 Å². The van der Waals surface area contributed by atoms with Crippen LogP contribution in [0.25, 0.3) is 4.96 Å². The second-order valence-electron chi connectivity index (χ2n) is 3.80. The van der Waals surface area contributed by atoms with Gasteiger partial charge in [-0.3, -0.25) is 9.20 Å². The molecule has 0 radical (unpaired) electrons. The van der Waals surface area contributed by atoms with Crippen molar-refractivity contribution in [2.45, 2.75) is 10.6 Å². The van der Waals surface area contributed by atoms with E-state index in [2.05, 4.69) is 11.2 Å². The minimum absolute atomic E-state index is 0.710. The first-order valence-electron chi connectivity index (χ1n) is 5.44. The van der Waals surface area contributed by atoms with E-state index in [0.29, 0.717) is 5.56 Å². The molecule has 2 aromatic heterocycles. The van der Waals surface area contributed by atoms with Crippen LogP contribution in [0.2, 0.25) is 0 Å². The fourth-order valence-corrected chi connectivity index (χ4v) is 3.15. The Morgan fingerprint density at radius 3 is 2.89 bits per heavy atom. The van der Waals surface area contributed by atoms with Gasteiger partial charge in [-0.15, -0.1) is 23.1 Å². The Morgan fingerprint density at radius 1 is 1.33 bits per heavy atom. The molecular formula is C13H10N2OS2. The van der Waals surface area contributed by atoms with Gasteiger partial charge < -0.3 is 0 Å². The summed E-state index contributed by atoms with van der Waals surface area (Å²) in [5, 5.41) is 2.03. The van der Waals surface area contributed by atoms with Crippen molar-refractivity contribution in [3.05, 3.63) is 53.3 Å². The summed E-state index contributed by atoms with van der Waals surface area (Å²) in [7, 11) is 0. The van der Waals surface area contributed by atoms with Gasteiger partial charge in [0.25, 0.3) is 0 Å². The summed E-state index contributed by atoms with van der Waals surface area (Å²) in [6, 6.07) is 7.60. The van der Waals surface area contributed by atoms with Crippen LogP contribution < -0.4 is 0 Å². The smallest absolute Gasteiger partial charge is 0.193 e. The van der Waals surface area contributed by atoms with Crippen molar-refractivity contribution in [2.75, 3.05) is 0 Å². The molecule has 5 heteroatoms. The van der Waals surface area contributed by atoms with Crippen LogP contribution in [-0.4, -0.2) is 15.7 Å². The summed E-state index contributed by atoms with van der Waals surface area (Å²) in [4.78, 5) is 17.3. The molecule has 0 aliphatic rings. The van der Waals surface area contributed by atoms with Gasteiger partial charge in [-0.25, -0.2) is 4.98 Å². The van der Waals surface area contributed by atoms with E-state index in [0.717, 1.165) is 27.6 Å². The quantitative estimate of drug-likeness (QED) is 0.539. The highest BCUT2D eigenvalue weighted by molar-refractivity contribution is 7.98. The van der Waals surface area contributed by atoms with Crippen LogP contribution in [0.15, 0.2) is 46.9 Å². The number of fused-ring (bicyclic) bond motifs is 1. The summed E-state index contributed by atoms with van der Waals surface area (Å²) in [5.74, 6) is 0.842. The zero-order chi connectivity index (χ0) is 12.4. The number of hydrogen-bond donors (Lipinski definition) is 0. The predicted molar refractivity (Wildman–Crippen MR) is 74.5 cm³/mol. The predicted octanol–water partition coefficient (Wildman–Crippen LogP) is 3.50. The zero-order valence-electron chi connectivity index (χ0n) is 9.45. The molecule has 18 heavy (non-hydrogen) atoms. The standard InChI is InChI=1S/C13H10N2OS2/c16-8-10-1-3-12(4-2-10)18-9-11-7-15-5-6-17-13(15)14-11/h1-8H,9H2. The third-order valence-electron chi connectivity index (χ3n) is 2.55. The largest absolute Gasteiger partial charge is 0.298 e. The molecule has 3 nitrogen and oxygen atoms in total. The molecule has 0 fully saturated rings. The zero-order valence-corrected chi connectivity index (χ0v) is 11.1. The maximum atomic E-state index is 10.5. The van der Waals surface area contributed by atoms with Crippen molar-refractivity contribution < 1.29 is 4.79 Å². The van der Waals surface area contributed by atoms with Gasteiger partial charge in [-0.05, 0) is 12.1 Å². The summed E-state index contributed by atoms with van der Waals surface area (Å²) in [5.41, 5.74) is 1.79. The molecule has 2 heterocycles. The van der Waals surface area contributed by atoms with Crippen molar-refractivity contribution in [3.8, 4) is 0 Å². The summed E-state index contributed by atoms with van der Waals surface area (Å²) in [6.45, 7) is 0. The van der Waals surface area contributed by atoms with Crippen LogP contribution in [0.1, 0.15) is 16.1 Å². The van der Waals surface area contributed by atoms with E-state index < -0.39 is 0 Å². The Morgan fingerprint density at radius 2 is 2.17 bits per heavy atom. The SMILES string of the molecule is O=Cc1ccc(SCc2cn3ccsc3n2)cc1. The van der Waals surface area contributed by atoms with Gasteiger partial charge in [0.15, 0.2) is 4.96 Å². The van der Waals surface area contributed by atoms with Gasteiger partial charge >= 0.3 is 0 Å². The number of rotatable bonds is 4. The molecule has 3 aromatic rings. The lowest BCUT2D eigenvalue weighted by molar-refractivity contribution is 0.112. The molecule has 0 N–H and O–H groups in total. The first-order chi connectivity index (χ1) is 8.85. The second kappa shape index (κ2) is 4.96. The maximum absolute atomic E-state index is 10.5. The molecule has 0 aliphatic carbocycles. The fourth-order valence-electron chi connectivity index (χ4n) is 1.65. The molecule has 0 aliphatic heterocycles. The summed E-state index contributed by atoms with van der Waals surface area (Å²) >= 11 is 3.36. The minimum Gasteiger partial charge on any atom is -0.298 e. The van der Waals surface area contributed by atoms with Crippen LogP contribution in [0.3, 0.4) is 0 Å². The van der Waals surface area contributed by atoms with Crippen molar-refractivity contribution in [1.82, 2.24) is 9.38 Å². The van der Waals surface area contributed by atoms with E-state index in [4.69, 9.17) is 0 Å². The van der Waals surface area contributed by atoms with Crippen LogP contribution in [-0.2, 0) is 5.75 Å². The van der Waals surface area contributed by atoms with E-state index >= 15 is 0 Å². The molecule has 0 saturated heterocycles. The molecule has 1 aromatic carbocycles. The van der Waals surface area contributed by atoms with Crippen molar-refractivity contribution in [1.29, 1.82) is 0 Å². The van der Waals surface area contributed by atoms with Crippen molar-refractivity contribution in [3.63, 3.8) is 0 Å². The van der Waals surface area contributed by atoms with Crippen molar-refractivity contribution >= 4 is 34.3 Å². The lowest BCUT2D eigenvalue weighted by Crippen LogP contribution is -1.82. The van der Waals surface area contributed by atoms with E-state index in [9.17, 15) is 4.79 Å². The normalized spacial score (nSPS) is 10.9. The molecule has 0 spiro atoms. The first kappa shape index (κ1) is 11.5. The number of thiazole rings is 1. The Labute approximate surface area is 112 Å². The molecule has 0 atom stereocenters. The van der Waals surface area contributed by atoms with E-state index in [1.165, 1.54) is 0 Å². The molecule has 0 unspecified atom stereocenters. The van der Waals surface area contributed by atoms with E-state index in [1.54, 1.807) is 23.1 Å². The average Bonchev–Trinajstić information content (AvgIpc) is 2.97. The van der Waals surface area contributed by atoms with Gasteiger partial charge in [-0.1, -0.05) is 12.1 Å². The number of aromatic nitrogens is 2. The Kier molecular flexibility index (Phi) is 3.17. The second-order valence-corrected chi connectivity index (χ2v) is 5.72. The topological polar surface area (TPSA) is 34.4 Å².